The van der Waals surface area contributed by atoms with Crippen LogP contribution in [0, 0.1) is 0 Å². The number of aromatic nitrogens is 1. The number of rotatable bonds is 9. The van der Waals surface area contributed by atoms with Gasteiger partial charge < -0.3 is 14.4 Å². The number of hydrogen-bond acceptors (Lipinski definition) is 2. The van der Waals surface area contributed by atoms with Crippen LogP contribution in [0.25, 0.3) is 94.3 Å². The zero-order chi connectivity index (χ0) is 69.8. The summed E-state index contributed by atoms with van der Waals surface area (Å²) in [6.45, 7) is 26.2. The van der Waals surface area contributed by atoms with Crippen molar-refractivity contribution in [1.29, 1.82) is 0 Å². The largest absolute Gasteiger partial charge is 0.311 e. The molecule has 18 rings (SSSR count). The Morgan fingerprint density at radius 3 is 1.10 bits per heavy atom. The summed E-state index contributed by atoms with van der Waals surface area (Å²) in [4.78, 5) is 5.22. The van der Waals surface area contributed by atoms with Crippen LogP contribution in [-0.2, 0) is 27.1 Å². The van der Waals surface area contributed by atoms with E-state index in [0.29, 0.717) is 0 Å². The molecule has 0 fully saturated rings. The van der Waals surface area contributed by atoms with Gasteiger partial charge in [0.2, 0.25) is 0 Å². The van der Waals surface area contributed by atoms with Crippen molar-refractivity contribution in [2.75, 3.05) is 9.80 Å². The van der Waals surface area contributed by atoms with Crippen LogP contribution in [0.5, 0.6) is 0 Å². The van der Waals surface area contributed by atoms with Gasteiger partial charge in [0.25, 0.3) is 6.71 Å². The molecule has 1 aromatic heterocycles. The molecule has 3 nitrogen and oxygen atoms in total. The second kappa shape index (κ2) is 23.4. The van der Waals surface area contributed by atoms with Crippen molar-refractivity contribution in [2.24, 2.45) is 0 Å². The maximum absolute atomic E-state index is 2.62. The second-order valence-electron chi connectivity index (χ2n) is 33.4. The molecule has 2 aliphatic carbocycles. The van der Waals surface area contributed by atoms with Gasteiger partial charge in [-0.05, 0) is 243 Å². The molecule has 0 bridgehead atoms. The summed E-state index contributed by atoms with van der Waals surface area (Å²) in [6.07, 6.45) is 4.73. The topological polar surface area (TPSA) is 11.4 Å². The molecule has 3 heterocycles. The summed E-state index contributed by atoms with van der Waals surface area (Å²) in [7, 11) is 0. The average molecular weight is 1320 g/mol. The van der Waals surface area contributed by atoms with E-state index in [1.807, 2.05) is 0 Å². The minimum Gasteiger partial charge on any atom is -0.311 e. The third-order valence-electron chi connectivity index (χ3n) is 24.1. The van der Waals surface area contributed by atoms with Gasteiger partial charge in [0.1, 0.15) is 0 Å². The lowest BCUT2D eigenvalue weighted by atomic mass is 9.33. The Balaban J connectivity index is 0.881. The van der Waals surface area contributed by atoms with Crippen LogP contribution in [0.2, 0.25) is 0 Å². The quantitative estimate of drug-likeness (QED) is 0.133. The normalized spacial score (nSPS) is 15.9. The standard InChI is InChI=1S/C98H88BN3/c1-94(2,3)75-38-27-66(28-39-75)73-37-50-89-86(59-73)99-85-47-44-78(102-87-48-35-69(63-21-15-12-16-22-63)55-79(87)80-56-70(36-49-88(80)102)64-23-17-13-18-24-64)62-90(85)101(77-42-31-68(32-43-77)72-34-46-82-84(58-72)98(10,11)54-52-96(82,6)7)92-61-74(65-25-19-14-20-26-65)60-91(93(92)99)100(89)76-40-29-67(30-41-76)71-33-45-81-83(57-71)97(8,9)53-51-95(81,4)5/h12-50,55-62H,51-54H2,1-11H3. The van der Waals surface area contributed by atoms with Gasteiger partial charge in [-0.1, -0.05) is 282 Å². The van der Waals surface area contributed by atoms with Gasteiger partial charge >= 0.3 is 0 Å². The van der Waals surface area contributed by atoms with Gasteiger partial charge in [-0.2, -0.15) is 0 Å². The SMILES string of the molecule is CC(C)(C)c1ccc(-c2ccc3c(c2)B2c4ccc(-n5c6ccc(-c7ccccc7)cc6c6cc(-c7ccccc7)ccc65)cc4N(c4ccc(-c5ccc6c(c5)C(C)(C)CCC6(C)C)cc4)c4cc(-c5ccccc5)cc(c42)N3c2ccc(-c3ccc4c(c3)C(C)(C)CCC4(C)C)cc2)cc1. The molecule has 4 heteroatoms. The van der Waals surface area contributed by atoms with E-state index in [-0.39, 0.29) is 33.8 Å². The lowest BCUT2D eigenvalue weighted by Gasteiger charge is -2.44. The summed E-state index contributed by atoms with van der Waals surface area (Å²) < 4.78 is 2.53. The molecule has 0 spiro atoms. The third-order valence-corrected chi connectivity index (χ3v) is 24.1. The van der Waals surface area contributed by atoms with E-state index < -0.39 is 0 Å². The van der Waals surface area contributed by atoms with Crippen molar-refractivity contribution in [3.8, 4) is 72.4 Å². The van der Waals surface area contributed by atoms with E-state index in [0.717, 1.165) is 28.3 Å². The first-order valence-corrected chi connectivity index (χ1v) is 37.1. The fourth-order valence-electron chi connectivity index (χ4n) is 17.9. The first-order valence-electron chi connectivity index (χ1n) is 37.1. The lowest BCUT2D eigenvalue weighted by Crippen LogP contribution is -2.61. The maximum atomic E-state index is 2.62. The Labute approximate surface area is 603 Å². The predicted molar refractivity (Wildman–Crippen MR) is 437 cm³/mol. The maximum Gasteiger partial charge on any atom is 0.252 e. The molecular weight excluding hydrogens is 1230 g/mol. The zero-order valence-electron chi connectivity index (χ0n) is 60.9. The van der Waals surface area contributed by atoms with Crippen molar-refractivity contribution in [2.45, 2.75) is 129 Å². The Bertz CT molecular complexity index is 5550. The highest BCUT2D eigenvalue weighted by atomic mass is 15.2. The molecule has 0 radical (unpaired) electrons. The smallest absolute Gasteiger partial charge is 0.252 e. The fraction of sp³-hybridized carbons (Fsp3) is 0.204. The predicted octanol–water partition coefficient (Wildman–Crippen LogP) is 24.9. The van der Waals surface area contributed by atoms with Gasteiger partial charge in [0.05, 0.1) is 11.0 Å². The monoisotopic (exact) mass is 1320 g/mol. The Morgan fingerprint density at radius 1 is 0.275 bits per heavy atom. The fourth-order valence-corrected chi connectivity index (χ4v) is 17.9. The molecule has 14 aromatic rings. The Hall–Kier alpha value is -10.7. The summed E-state index contributed by atoms with van der Waals surface area (Å²) in [5, 5.41) is 2.44. The number of benzene rings is 13. The van der Waals surface area contributed by atoms with Gasteiger partial charge in [-0.3, -0.25) is 0 Å². The molecular formula is C98H88BN3. The highest BCUT2D eigenvalue weighted by molar-refractivity contribution is 7.00. The Kier molecular flexibility index (Phi) is 14.6. The molecule has 0 unspecified atom stereocenters. The Morgan fingerprint density at radius 2 is 0.637 bits per heavy atom. The molecule has 13 aromatic carbocycles. The molecule has 102 heavy (non-hydrogen) atoms. The van der Waals surface area contributed by atoms with Gasteiger partial charge in [0.15, 0.2) is 0 Å². The second-order valence-corrected chi connectivity index (χ2v) is 33.4. The van der Waals surface area contributed by atoms with Crippen LogP contribution < -0.4 is 26.2 Å². The number of nitrogens with zero attached hydrogens (tertiary/aromatic N) is 3. The molecule has 0 N–H and O–H groups in total. The van der Waals surface area contributed by atoms with Crippen LogP contribution in [0.15, 0.2) is 285 Å². The summed E-state index contributed by atoms with van der Waals surface area (Å²) >= 11 is 0. The van der Waals surface area contributed by atoms with Gasteiger partial charge in [-0.15, -0.1) is 0 Å². The van der Waals surface area contributed by atoms with E-state index in [9.17, 15) is 0 Å². The van der Waals surface area contributed by atoms with Crippen molar-refractivity contribution < 1.29 is 0 Å². The number of hydrogen-bond donors (Lipinski definition) is 0. The number of fused-ring (bicyclic) bond motifs is 9. The highest BCUT2D eigenvalue weighted by Crippen LogP contribution is 2.52. The van der Waals surface area contributed by atoms with Crippen LogP contribution in [0.4, 0.5) is 34.1 Å². The lowest BCUT2D eigenvalue weighted by molar-refractivity contribution is 0.332. The minimum atomic E-state index is -0.148. The van der Waals surface area contributed by atoms with E-state index in [2.05, 4.69) is 376 Å². The minimum absolute atomic E-state index is 0.0263. The van der Waals surface area contributed by atoms with Crippen molar-refractivity contribution in [3.63, 3.8) is 0 Å². The molecule has 0 atom stereocenters. The molecule has 0 saturated heterocycles. The molecule has 0 saturated carbocycles. The van der Waals surface area contributed by atoms with Gasteiger partial charge in [-0.25, -0.2) is 0 Å². The van der Waals surface area contributed by atoms with Crippen molar-refractivity contribution in [1.82, 2.24) is 4.57 Å². The summed E-state index contributed by atoms with van der Waals surface area (Å²) in [5.74, 6) is 0. The molecule has 2 aliphatic heterocycles. The zero-order valence-corrected chi connectivity index (χ0v) is 60.9. The van der Waals surface area contributed by atoms with Crippen LogP contribution in [0.1, 0.15) is 130 Å². The van der Waals surface area contributed by atoms with Crippen LogP contribution in [-0.4, -0.2) is 11.3 Å². The first kappa shape index (κ1) is 63.5. The average Bonchev–Trinajstić information content (AvgIpc) is 0.817. The number of anilines is 6. The van der Waals surface area contributed by atoms with Crippen LogP contribution in [0.3, 0.4) is 0 Å². The van der Waals surface area contributed by atoms with E-state index in [4.69, 9.17) is 0 Å². The van der Waals surface area contributed by atoms with Crippen molar-refractivity contribution in [3.05, 3.63) is 313 Å². The molecule has 0 amide bonds. The van der Waals surface area contributed by atoms with E-state index in [1.165, 1.54) is 170 Å². The summed E-state index contributed by atoms with van der Waals surface area (Å²) in [6, 6.07) is 110. The first-order chi connectivity index (χ1) is 49.1. The third kappa shape index (κ3) is 10.5. The van der Waals surface area contributed by atoms with Gasteiger partial charge in [0, 0.05) is 50.6 Å². The molecule has 498 valence electrons. The van der Waals surface area contributed by atoms with Crippen LogP contribution >= 0.6 is 0 Å². The summed E-state index contributed by atoms with van der Waals surface area (Å²) in [5.41, 5.74) is 36.4. The van der Waals surface area contributed by atoms with E-state index in [1.54, 1.807) is 0 Å². The van der Waals surface area contributed by atoms with Crippen molar-refractivity contribution >= 4 is 79.0 Å². The molecule has 4 aliphatic rings. The van der Waals surface area contributed by atoms with E-state index >= 15 is 0 Å². The highest BCUT2D eigenvalue weighted by Gasteiger charge is 2.45.